The largest absolute Gasteiger partial charge is 0.361 e. The quantitative estimate of drug-likeness (QED) is 0.324. The van der Waals surface area contributed by atoms with Crippen LogP contribution in [0, 0.1) is 0 Å². The highest BCUT2D eigenvalue weighted by Gasteiger charge is 2.16. The van der Waals surface area contributed by atoms with Crippen molar-refractivity contribution >= 4 is 49.6 Å². The smallest absolute Gasteiger partial charge is 0.238 e. The van der Waals surface area contributed by atoms with Crippen molar-refractivity contribution in [2.75, 3.05) is 12.3 Å². The lowest BCUT2D eigenvalue weighted by Gasteiger charge is -2.08. The van der Waals surface area contributed by atoms with E-state index < -0.39 is 10.0 Å². The van der Waals surface area contributed by atoms with Crippen LogP contribution in [0.3, 0.4) is 0 Å². The summed E-state index contributed by atoms with van der Waals surface area (Å²) in [6.45, 7) is 3.32. The molecule has 2 aromatic heterocycles. The fourth-order valence-corrected chi connectivity index (χ4v) is 5.07. The van der Waals surface area contributed by atoms with Crippen LogP contribution in [0.15, 0.2) is 58.7 Å². The topological polar surface area (TPSA) is 123 Å². The molecule has 0 fully saturated rings. The number of nitrogens with zero attached hydrogens (tertiary/aromatic N) is 2. The second kappa shape index (κ2) is 9.35. The zero-order valence-electron chi connectivity index (χ0n) is 17.7. The Morgan fingerprint density at radius 1 is 1.25 bits per heavy atom. The molecule has 2 heterocycles. The Labute approximate surface area is 190 Å². The van der Waals surface area contributed by atoms with Gasteiger partial charge in [0.05, 0.1) is 21.7 Å². The van der Waals surface area contributed by atoms with Crippen molar-refractivity contribution in [1.82, 2.24) is 19.9 Å². The van der Waals surface area contributed by atoms with Gasteiger partial charge in [-0.25, -0.2) is 18.5 Å². The molecule has 0 aliphatic rings. The molecule has 0 radical (unpaired) electrons. The third kappa shape index (κ3) is 4.82. The van der Waals surface area contributed by atoms with Crippen LogP contribution in [0.5, 0.6) is 0 Å². The summed E-state index contributed by atoms with van der Waals surface area (Å²) in [5.41, 5.74) is 3.63. The van der Waals surface area contributed by atoms with Gasteiger partial charge in [0.15, 0.2) is 5.16 Å². The number of aromatic nitrogens is 3. The Morgan fingerprint density at radius 3 is 2.84 bits per heavy atom. The van der Waals surface area contributed by atoms with Crippen LogP contribution in [-0.4, -0.2) is 41.2 Å². The maximum absolute atomic E-state index is 12.4. The molecule has 0 aliphatic heterocycles. The van der Waals surface area contributed by atoms with E-state index in [-0.39, 0.29) is 16.6 Å². The predicted molar refractivity (Wildman–Crippen MR) is 127 cm³/mol. The lowest BCUT2D eigenvalue weighted by atomic mass is 10.1. The fourth-order valence-electron chi connectivity index (χ4n) is 3.67. The number of H-pyrrole nitrogens is 1. The van der Waals surface area contributed by atoms with Crippen LogP contribution in [0.1, 0.15) is 18.9 Å². The molecule has 0 unspecified atom stereocenters. The van der Waals surface area contributed by atoms with Gasteiger partial charge >= 0.3 is 0 Å². The van der Waals surface area contributed by atoms with Gasteiger partial charge in [-0.05, 0) is 42.7 Å². The molecule has 0 aliphatic carbocycles. The van der Waals surface area contributed by atoms with E-state index in [0.717, 1.165) is 30.4 Å². The Bertz CT molecular complexity index is 1370. The average molecular weight is 472 g/mol. The van der Waals surface area contributed by atoms with Crippen LogP contribution in [0.2, 0.25) is 0 Å². The summed E-state index contributed by atoms with van der Waals surface area (Å²) < 4.78 is 25.3. The number of primary sulfonamides is 1. The van der Waals surface area contributed by atoms with Gasteiger partial charge in [-0.2, -0.15) is 0 Å². The maximum Gasteiger partial charge on any atom is 0.238 e. The van der Waals surface area contributed by atoms with Crippen molar-refractivity contribution in [2.45, 2.75) is 36.4 Å². The van der Waals surface area contributed by atoms with Crippen molar-refractivity contribution in [1.29, 1.82) is 0 Å². The number of nitrogens with one attached hydrogen (secondary N) is 2. The molecule has 168 valence electrons. The number of aryl methyl sites for hydroxylation is 1. The summed E-state index contributed by atoms with van der Waals surface area (Å²) in [7, 11) is -3.80. The lowest BCUT2D eigenvalue weighted by molar-refractivity contribution is -0.118. The number of amides is 1. The molecular formula is C22H25N5O3S2. The summed E-state index contributed by atoms with van der Waals surface area (Å²) in [6, 6.07) is 12.8. The third-order valence-electron chi connectivity index (χ3n) is 5.18. The minimum absolute atomic E-state index is 0.0257. The first-order valence-corrected chi connectivity index (χ1v) is 12.9. The zero-order valence-corrected chi connectivity index (χ0v) is 19.3. The Balaban J connectivity index is 1.40. The molecule has 0 saturated carbocycles. The number of nitrogens with two attached hydrogens (primary N) is 1. The van der Waals surface area contributed by atoms with E-state index in [0.29, 0.717) is 17.2 Å². The molecule has 2 aromatic carbocycles. The molecule has 10 heteroatoms. The van der Waals surface area contributed by atoms with Gasteiger partial charge in [-0.15, -0.1) is 0 Å². The second-order valence-corrected chi connectivity index (χ2v) is 9.99. The Hall–Kier alpha value is -2.82. The van der Waals surface area contributed by atoms with Crippen molar-refractivity contribution in [3.8, 4) is 0 Å². The van der Waals surface area contributed by atoms with Crippen LogP contribution in [-0.2, 0) is 27.8 Å². The van der Waals surface area contributed by atoms with Crippen LogP contribution >= 0.6 is 11.8 Å². The van der Waals surface area contributed by atoms with Crippen LogP contribution in [0.4, 0.5) is 0 Å². The first-order chi connectivity index (χ1) is 15.4. The minimum atomic E-state index is -3.80. The number of thioether (sulfide) groups is 1. The highest BCUT2D eigenvalue weighted by Crippen LogP contribution is 2.26. The van der Waals surface area contributed by atoms with E-state index in [9.17, 15) is 13.2 Å². The van der Waals surface area contributed by atoms with Gasteiger partial charge in [0.2, 0.25) is 15.9 Å². The van der Waals surface area contributed by atoms with Crippen molar-refractivity contribution in [2.24, 2.45) is 5.14 Å². The lowest BCUT2D eigenvalue weighted by Crippen LogP contribution is -2.27. The van der Waals surface area contributed by atoms with E-state index in [1.54, 1.807) is 6.07 Å². The summed E-state index contributed by atoms with van der Waals surface area (Å²) in [4.78, 5) is 20.2. The first-order valence-electron chi connectivity index (χ1n) is 10.3. The van der Waals surface area contributed by atoms with Gasteiger partial charge in [0.1, 0.15) is 0 Å². The molecule has 0 saturated heterocycles. The molecule has 0 bridgehead atoms. The van der Waals surface area contributed by atoms with Gasteiger partial charge in [-0.1, -0.05) is 36.9 Å². The molecule has 8 nitrogen and oxygen atoms in total. The molecule has 0 spiro atoms. The number of hydrogen-bond donors (Lipinski definition) is 3. The SMILES string of the molecule is CCCn1c(SCC(=O)NCCc2c[nH]c3ccccc23)nc2cc(S(N)(=O)=O)ccc21. The van der Waals surface area contributed by atoms with Crippen molar-refractivity contribution in [3.63, 3.8) is 0 Å². The normalized spacial score (nSPS) is 11.9. The van der Waals surface area contributed by atoms with E-state index in [2.05, 4.69) is 28.3 Å². The van der Waals surface area contributed by atoms with Crippen molar-refractivity contribution in [3.05, 3.63) is 54.2 Å². The number of para-hydroxylation sites is 1. The average Bonchev–Trinajstić information content (AvgIpc) is 3.33. The summed E-state index contributed by atoms with van der Waals surface area (Å²) in [5, 5.41) is 10.1. The standard InChI is InChI=1S/C22H25N5O3S2/c1-2-11-27-20-8-7-16(32(23,29)30)12-19(20)26-22(27)31-14-21(28)24-10-9-15-13-25-18-6-4-3-5-17(15)18/h3-8,12-13,25H,2,9-11,14H2,1H3,(H,24,28)(H2,23,29,30). The van der Waals surface area contributed by atoms with Crippen LogP contribution < -0.4 is 10.5 Å². The number of imidazole rings is 1. The molecule has 4 rings (SSSR count). The number of carbonyl (C=O) groups is 1. The molecule has 4 aromatic rings. The van der Waals surface area contributed by atoms with Crippen LogP contribution in [0.25, 0.3) is 21.9 Å². The number of benzene rings is 2. The van der Waals surface area contributed by atoms with Crippen molar-refractivity contribution < 1.29 is 13.2 Å². The number of aromatic amines is 1. The molecule has 0 atom stereocenters. The van der Waals surface area contributed by atoms with Gasteiger partial charge in [-0.3, -0.25) is 4.79 Å². The first kappa shape index (κ1) is 22.4. The van der Waals surface area contributed by atoms with E-state index in [1.807, 2.05) is 29.0 Å². The number of sulfonamides is 1. The zero-order chi connectivity index (χ0) is 22.7. The number of hydrogen-bond acceptors (Lipinski definition) is 5. The fraction of sp³-hybridized carbons (Fsp3) is 0.273. The summed E-state index contributed by atoms with van der Waals surface area (Å²) in [6.07, 6.45) is 3.60. The minimum Gasteiger partial charge on any atom is -0.361 e. The Kier molecular flexibility index (Phi) is 6.54. The number of rotatable bonds is 9. The van der Waals surface area contributed by atoms with E-state index in [4.69, 9.17) is 5.14 Å². The van der Waals surface area contributed by atoms with Gasteiger partial charge in [0, 0.05) is 30.2 Å². The van der Waals surface area contributed by atoms with Gasteiger partial charge in [0.25, 0.3) is 0 Å². The second-order valence-electron chi connectivity index (χ2n) is 7.49. The monoisotopic (exact) mass is 471 g/mol. The van der Waals surface area contributed by atoms with Gasteiger partial charge < -0.3 is 14.9 Å². The molecule has 4 N–H and O–H groups in total. The summed E-state index contributed by atoms with van der Waals surface area (Å²) >= 11 is 1.34. The summed E-state index contributed by atoms with van der Waals surface area (Å²) in [5.74, 6) is 0.151. The molecule has 1 amide bonds. The maximum atomic E-state index is 12.4. The van der Waals surface area contributed by atoms with E-state index in [1.165, 1.54) is 34.8 Å². The Morgan fingerprint density at radius 2 is 2.06 bits per heavy atom. The number of fused-ring (bicyclic) bond motifs is 2. The molecular weight excluding hydrogens is 446 g/mol. The third-order valence-corrected chi connectivity index (χ3v) is 7.07. The van der Waals surface area contributed by atoms with E-state index >= 15 is 0 Å². The highest BCUT2D eigenvalue weighted by molar-refractivity contribution is 7.99. The highest BCUT2D eigenvalue weighted by atomic mass is 32.2. The number of carbonyl (C=O) groups excluding carboxylic acids is 1. The predicted octanol–water partition coefficient (Wildman–Crippen LogP) is 3.03. The molecule has 32 heavy (non-hydrogen) atoms.